The maximum atomic E-state index is 6.18. The van der Waals surface area contributed by atoms with Gasteiger partial charge in [0, 0.05) is 17.0 Å². The Morgan fingerprint density at radius 2 is 1.92 bits per heavy atom. The summed E-state index contributed by atoms with van der Waals surface area (Å²) in [5, 5.41) is 8.39. The first-order chi connectivity index (χ1) is 12.8. The Hall–Kier alpha value is -3.05. The third kappa shape index (κ3) is 3.78. The molecule has 0 unspecified atom stereocenters. The highest BCUT2D eigenvalue weighted by molar-refractivity contribution is 6.30. The van der Waals surface area contributed by atoms with Crippen molar-refractivity contribution in [3.05, 3.63) is 88.9 Å². The van der Waals surface area contributed by atoms with Gasteiger partial charge in [-0.15, -0.1) is 10.2 Å². The Bertz CT molecular complexity index is 981. The standard InChI is InChI=1S/C20H16ClN3O2/c21-16-6-8-18(25-12-14-4-2-1-3-5-14)15(10-16)11-17-7-9-19(26-17)20-22-13-23-24-20/h1-10,13H,11-12H2,(H,22,23,24). The predicted octanol–water partition coefficient (Wildman–Crippen LogP) is 4.89. The van der Waals surface area contributed by atoms with E-state index in [1.165, 1.54) is 6.33 Å². The van der Waals surface area contributed by atoms with E-state index in [1.54, 1.807) is 0 Å². The molecule has 0 amide bonds. The van der Waals surface area contributed by atoms with Crippen LogP contribution in [0.5, 0.6) is 5.75 Å². The number of aromatic nitrogens is 3. The minimum atomic E-state index is 0.497. The summed E-state index contributed by atoms with van der Waals surface area (Å²) < 4.78 is 11.9. The van der Waals surface area contributed by atoms with Crippen molar-refractivity contribution in [1.29, 1.82) is 0 Å². The van der Waals surface area contributed by atoms with E-state index in [0.29, 0.717) is 29.6 Å². The first-order valence-corrected chi connectivity index (χ1v) is 8.56. The zero-order chi connectivity index (χ0) is 17.8. The lowest BCUT2D eigenvalue weighted by atomic mass is 10.1. The van der Waals surface area contributed by atoms with Gasteiger partial charge in [0.15, 0.2) is 11.6 Å². The van der Waals surface area contributed by atoms with Crippen LogP contribution in [0.3, 0.4) is 0 Å². The zero-order valence-electron chi connectivity index (χ0n) is 13.9. The van der Waals surface area contributed by atoms with E-state index in [1.807, 2.05) is 60.7 Å². The highest BCUT2D eigenvalue weighted by Crippen LogP contribution is 2.28. The van der Waals surface area contributed by atoms with Gasteiger partial charge >= 0.3 is 0 Å². The topological polar surface area (TPSA) is 63.9 Å². The number of nitrogens with one attached hydrogen (secondary N) is 1. The van der Waals surface area contributed by atoms with Crippen LogP contribution in [-0.2, 0) is 13.0 Å². The van der Waals surface area contributed by atoms with Crippen molar-refractivity contribution >= 4 is 11.6 Å². The molecular formula is C20H16ClN3O2. The Morgan fingerprint density at radius 1 is 1.04 bits per heavy atom. The molecule has 2 heterocycles. The Morgan fingerprint density at radius 3 is 2.73 bits per heavy atom. The molecule has 4 aromatic rings. The summed E-state index contributed by atoms with van der Waals surface area (Å²) >= 11 is 6.18. The van der Waals surface area contributed by atoms with Crippen LogP contribution in [0.1, 0.15) is 16.9 Å². The van der Waals surface area contributed by atoms with Gasteiger partial charge in [-0.3, -0.25) is 0 Å². The number of hydrogen-bond donors (Lipinski definition) is 1. The summed E-state index contributed by atoms with van der Waals surface area (Å²) in [6.07, 6.45) is 2.09. The number of rotatable bonds is 6. The van der Waals surface area contributed by atoms with Gasteiger partial charge in [0.2, 0.25) is 0 Å². The van der Waals surface area contributed by atoms with Crippen molar-refractivity contribution in [2.45, 2.75) is 13.0 Å². The molecule has 2 aromatic heterocycles. The van der Waals surface area contributed by atoms with Crippen molar-refractivity contribution in [2.24, 2.45) is 0 Å². The van der Waals surface area contributed by atoms with Crippen LogP contribution in [0.2, 0.25) is 5.02 Å². The maximum absolute atomic E-state index is 6.18. The van der Waals surface area contributed by atoms with E-state index >= 15 is 0 Å². The van der Waals surface area contributed by atoms with Crippen molar-refractivity contribution in [1.82, 2.24) is 15.2 Å². The van der Waals surface area contributed by atoms with Crippen molar-refractivity contribution < 1.29 is 9.15 Å². The molecule has 5 nitrogen and oxygen atoms in total. The van der Waals surface area contributed by atoms with Gasteiger partial charge in [-0.05, 0) is 35.9 Å². The fourth-order valence-electron chi connectivity index (χ4n) is 2.68. The van der Waals surface area contributed by atoms with Crippen LogP contribution < -0.4 is 4.74 Å². The smallest absolute Gasteiger partial charge is 0.196 e. The number of nitrogens with zero attached hydrogens (tertiary/aromatic N) is 2. The molecule has 0 spiro atoms. The molecule has 26 heavy (non-hydrogen) atoms. The molecule has 0 aliphatic heterocycles. The van der Waals surface area contributed by atoms with Crippen LogP contribution in [-0.4, -0.2) is 15.2 Å². The second kappa shape index (κ2) is 7.45. The van der Waals surface area contributed by atoms with Gasteiger partial charge in [0.25, 0.3) is 0 Å². The number of aromatic amines is 1. The fourth-order valence-corrected chi connectivity index (χ4v) is 2.87. The van der Waals surface area contributed by atoms with Crippen molar-refractivity contribution in [2.75, 3.05) is 0 Å². The van der Waals surface area contributed by atoms with Crippen LogP contribution in [0.4, 0.5) is 0 Å². The predicted molar refractivity (Wildman–Crippen MR) is 99.1 cm³/mol. The van der Waals surface area contributed by atoms with Gasteiger partial charge < -0.3 is 14.1 Å². The van der Waals surface area contributed by atoms with Gasteiger partial charge in [-0.1, -0.05) is 41.9 Å². The average molecular weight is 366 g/mol. The molecule has 4 rings (SSSR count). The largest absolute Gasteiger partial charge is 0.489 e. The number of hydrogen-bond acceptors (Lipinski definition) is 4. The van der Waals surface area contributed by atoms with Crippen LogP contribution in [0, 0.1) is 0 Å². The van der Waals surface area contributed by atoms with E-state index in [4.69, 9.17) is 20.8 Å². The molecule has 130 valence electrons. The van der Waals surface area contributed by atoms with Crippen molar-refractivity contribution in [3.63, 3.8) is 0 Å². The second-order valence-electron chi connectivity index (χ2n) is 5.81. The number of furan rings is 1. The Kier molecular flexibility index (Phi) is 4.71. The molecule has 0 aliphatic carbocycles. The molecule has 0 atom stereocenters. The minimum absolute atomic E-state index is 0.497. The summed E-state index contributed by atoms with van der Waals surface area (Å²) in [5.41, 5.74) is 2.07. The zero-order valence-corrected chi connectivity index (χ0v) is 14.6. The minimum Gasteiger partial charge on any atom is -0.489 e. The van der Waals surface area contributed by atoms with Gasteiger partial charge in [0.05, 0.1) is 0 Å². The Balaban J connectivity index is 1.53. The molecule has 0 saturated carbocycles. The molecule has 0 radical (unpaired) electrons. The van der Waals surface area contributed by atoms with Crippen LogP contribution in [0.25, 0.3) is 11.6 Å². The average Bonchev–Trinajstić information content (AvgIpc) is 3.33. The van der Waals surface area contributed by atoms with Gasteiger partial charge in [0.1, 0.15) is 24.4 Å². The summed E-state index contributed by atoms with van der Waals surface area (Å²) in [7, 11) is 0. The molecule has 0 fully saturated rings. The number of benzene rings is 2. The fraction of sp³-hybridized carbons (Fsp3) is 0.100. The van der Waals surface area contributed by atoms with E-state index in [0.717, 1.165) is 22.6 Å². The first-order valence-electron chi connectivity index (χ1n) is 8.18. The lowest BCUT2D eigenvalue weighted by molar-refractivity contribution is 0.303. The molecule has 6 heteroatoms. The van der Waals surface area contributed by atoms with Gasteiger partial charge in [-0.2, -0.15) is 0 Å². The molecular weight excluding hydrogens is 350 g/mol. The SMILES string of the molecule is Clc1ccc(OCc2ccccc2)c(Cc2ccc(-c3nnc[nH]3)o2)c1. The van der Waals surface area contributed by atoms with E-state index < -0.39 is 0 Å². The third-order valence-corrected chi connectivity index (χ3v) is 4.17. The normalized spacial score (nSPS) is 10.8. The number of halogens is 1. The molecule has 0 saturated heterocycles. The summed E-state index contributed by atoms with van der Waals surface area (Å²) in [5.74, 6) is 2.83. The monoisotopic (exact) mass is 365 g/mol. The quantitative estimate of drug-likeness (QED) is 0.528. The lowest BCUT2D eigenvalue weighted by Gasteiger charge is -2.11. The molecule has 1 N–H and O–H groups in total. The van der Waals surface area contributed by atoms with E-state index in [9.17, 15) is 0 Å². The number of ether oxygens (including phenoxy) is 1. The summed E-state index contributed by atoms with van der Waals surface area (Å²) in [6.45, 7) is 0.497. The summed E-state index contributed by atoms with van der Waals surface area (Å²) in [6, 6.07) is 19.4. The van der Waals surface area contributed by atoms with Crippen molar-refractivity contribution in [3.8, 4) is 17.3 Å². The lowest BCUT2D eigenvalue weighted by Crippen LogP contribution is -1.99. The summed E-state index contributed by atoms with van der Waals surface area (Å²) in [4.78, 5) is 2.93. The second-order valence-corrected chi connectivity index (χ2v) is 6.24. The van der Waals surface area contributed by atoms with E-state index in [2.05, 4.69) is 15.2 Å². The number of H-pyrrole nitrogens is 1. The van der Waals surface area contributed by atoms with E-state index in [-0.39, 0.29) is 0 Å². The molecule has 0 aliphatic rings. The highest BCUT2D eigenvalue weighted by Gasteiger charge is 2.12. The van der Waals surface area contributed by atoms with Crippen LogP contribution in [0.15, 0.2) is 71.4 Å². The molecule has 2 aromatic carbocycles. The van der Waals surface area contributed by atoms with Gasteiger partial charge in [-0.25, -0.2) is 0 Å². The maximum Gasteiger partial charge on any atom is 0.196 e. The highest BCUT2D eigenvalue weighted by atomic mass is 35.5. The third-order valence-electron chi connectivity index (χ3n) is 3.94. The molecule has 0 bridgehead atoms. The Labute approximate surface area is 155 Å². The van der Waals surface area contributed by atoms with Crippen LogP contribution >= 0.6 is 11.6 Å². The first kappa shape index (κ1) is 16.4.